The molecule has 10 nitrogen and oxygen atoms in total. The van der Waals surface area contributed by atoms with E-state index in [1.807, 2.05) is 32.9 Å². The Hall–Kier alpha value is -4.31. The van der Waals surface area contributed by atoms with Crippen LogP contribution >= 0.6 is 0 Å². The van der Waals surface area contributed by atoms with Crippen LogP contribution in [0.25, 0.3) is 11.0 Å². The number of hydrogen-bond donors (Lipinski definition) is 4. The predicted octanol–water partition coefficient (Wildman–Crippen LogP) is 6.48. The van der Waals surface area contributed by atoms with Gasteiger partial charge in [-0.05, 0) is 75.3 Å². The van der Waals surface area contributed by atoms with E-state index in [0.29, 0.717) is 39.7 Å². The second kappa shape index (κ2) is 10.5. The summed E-state index contributed by atoms with van der Waals surface area (Å²) < 4.78 is 11.2. The number of ketones is 1. The Morgan fingerprint density at radius 3 is 2.64 bits per heavy atom. The maximum absolute atomic E-state index is 13.6. The van der Waals surface area contributed by atoms with Gasteiger partial charge in [0.15, 0.2) is 11.6 Å². The maximum Gasteiger partial charge on any atom is 0.324 e. The molecule has 3 aliphatic rings. The number of aliphatic hydroxyl groups is 1. The molecule has 3 aromatic rings. The molecule has 220 valence electrons. The lowest BCUT2D eigenvalue weighted by Crippen LogP contribution is -2.42. The van der Waals surface area contributed by atoms with Gasteiger partial charge in [0.05, 0.1) is 11.5 Å². The van der Waals surface area contributed by atoms with Gasteiger partial charge in [-0.2, -0.15) is 0 Å². The molecule has 2 aliphatic heterocycles. The molecule has 42 heavy (non-hydrogen) atoms. The largest absolute Gasteiger partial charge is 0.512 e. The SMILES string of the molecule is CC(C)(C)c1cc(NC(=O)Nc2ccc3oc(C(=O)C4=CC5(C)C(=CC=C(O)C5CN5CCCCC5)N4)cc3c2)no1. The number of anilines is 2. The first kappa shape index (κ1) is 27.8. The quantitative estimate of drug-likeness (QED) is 0.247. The minimum atomic E-state index is -0.533. The van der Waals surface area contributed by atoms with Crippen LogP contribution in [0.1, 0.15) is 63.3 Å². The summed E-state index contributed by atoms with van der Waals surface area (Å²) in [5, 5.41) is 24.2. The van der Waals surface area contributed by atoms with Crippen molar-refractivity contribution in [2.24, 2.45) is 11.3 Å². The van der Waals surface area contributed by atoms with Gasteiger partial charge in [-0.15, -0.1) is 0 Å². The number of piperidine rings is 1. The van der Waals surface area contributed by atoms with E-state index in [2.05, 4.69) is 32.9 Å². The van der Waals surface area contributed by atoms with Gasteiger partial charge in [0, 0.05) is 46.1 Å². The molecule has 2 unspecified atom stereocenters. The summed E-state index contributed by atoms with van der Waals surface area (Å²) in [6.07, 6.45) is 9.10. The normalized spacial score (nSPS) is 22.6. The van der Waals surface area contributed by atoms with Crippen LogP contribution in [0.3, 0.4) is 0 Å². The molecule has 2 amide bonds. The number of furan rings is 1. The number of nitrogens with zero attached hydrogens (tertiary/aromatic N) is 2. The zero-order valence-electron chi connectivity index (χ0n) is 24.4. The van der Waals surface area contributed by atoms with Crippen LogP contribution in [-0.4, -0.2) is 46.6 Å². The number of urea groups is 1. The van der Waals surface area contributed by atoms with Gasteiger partial charge in [-0.25, -0.2) is 4.79 Å². The molecule has 0 spiro atoms. The van der Waals surface area contributed by atoms with Gasteiger partial charge in [-0.1, -0.05) is 32.3 Å². The van der Waals surface area contributed by atoms with Crippen LogP contribution < -0.4 is 16.0 Å². The van der Waals surface area contributed by atoms with Gasteiger partial charge in [0.25, 0.3) is 0 Å². The van der Waals surface area contributed by atoms with Crippen molar-refractivity contribution in [1.82, 2.24) is 15.4 Å². The van der Waals surface area contributed by atoms with Crippen LogP contribution in [0.4, 0.5) is 16.3 Å². The van der Waals surface area contributed by atoms with Gasteiger partial charge in [0.2, 0.25) is 5.78 Å². The number of fused-ring (bicyclic) bond motifs is 2. The number of benzene rings is 1. The van der Waals surface area contributed by atoms with Crippen molar-refractivity contribution in [1.29, 1.82) is 0 Å². The van der Waals surface area contributed by atoms with E-state index >= 15 is 0 Å². The first-order chi connectivity index (χ1) is 20.0. The van der Waals surface area contributed by atoms with Crippen molar-refractivity contribution in [3.63, 3.8) is 0 Å². The van der Waals surface area contributed by atoms with E-state index in [1.54, 1.807) is 36.4 Å². The molecule has 10 heteroatoms. The third-order valence-corrected chi connectivity index (χ3v) is 8.42. The Morgan fingerprint density at radius 1 is 1.12 bits per heavy atom. The second-order valence-electron chi connectivity index (χ2n) is 12.6. The lowest BCUT2D eigenvalue weighted by atomic mass is 9.71. The molecule has 0 bridgehead atoms. The summed E-state index contributed by atoms with van der Waals surface area (Å²) >= 11 is 0. The first-order valence-electron chi connectivity index (χ1n) is 14.5. The molecule has 4 N–H and O–H groups in total. The van der Waals surface area contributed by atoms with Crippen LogP contribution in [0.5, 0.6) is 0 Å². The molecule has 4 heterocycles. The van der Waals surface area contributed by atoms with E-state index in [0.717, 1.165) is 25.3 Å². The highest BCUT2D eigenvalue weighted by atomic mass is 16.5. The van der Waals surface area contributed by atoms with E-state index in [4.69, 9.17) is 8.94 Å². The van der Waals surface area contributed by atoms with Crippen LogP contribution in [0.15, 0.2) is 74.7 Å². The maximum atomic E-state index is 13.6. The van der Waals surface area contributed by atoms with Gasteiger partial charge >= 0.3 is 6.03 Å². The van der Waals surface area contributed by atoms with E-state index < -0.39 is 11.4 Å². The number of hydrogen-bond acceptors (Lipinski definition) is 8. The number of Topliss-reactive ketones (excluding diaryl/α,β-unsaturated/α-hetero) is 1. The van der Waals surface area contributed by atoms with Crippen molar-refractivity contribution in [3.05, 3.63) is 77.2 Å². The molecule has 1 saturated heterocycles. The van der Waals surface area contributed by atoms with Crippen LogP contribution in [0, 0.1) is 11.3 Å². The number of carbonyl (C=O) groups is 2. The molecular formula is C32H37N5O5. The first-order valence-corrected chi connectivity index (χ1v) is 14.5. The van der Waals surface area contributed by atoms with Crippen molar-refractivity contribution in [3.8, 4) is 0 Å². The Morgan fingerprint density at radius 2 is 1.90 bits per heavy atom. The Kier molecular flexibility index (Phi) is 6.97. The molecule has 1 fully saturated rings. The average Bonchev–Trinajstić information content (AvgIpc) is 3.67. The molecule has 2 atom stereocenters. The summed E-state index contributed by atoms with van der Waals surface area (Å²) in [5.41, 5.74) is 1.61. The van der Waals surface area contributed by atoms with Gasteiger partial charge in [-0.3, -0.25) is 10.1 Å². The Bertz CT molecular complexity index is 1630. The highest BCUT2D eigenvalue weighted by Gasteiger charge is 2.46. The fraction of sp³-hybridized carbons (Fsp3) is 0.406. The summed E-state index contributed by atoms with van der Waals surface area (Å²) in [5.74, 6) is 1.09. The standard InChI is InChI=1S/C32H37N5O5/c1-31(2,3)27-16-28(36-42-27)35-30(40)33-20-8-10-24-19(14-20)15-25(41-24)29(39)22-17-32(4)21(18-37-12-6-5-7-13-37)23(38)9-11-26(32)34-22/h8-11,14-17,21,34,38H,5-7,12-13,18H2,1-4H3,(H2,33,35,36,40). The third kappa shape index (κ3) is 5.34. The fourth-order valence-corrected chi connectivity index (χ4v) is 5.93. The number of amides is 2. The van der Waals surface area contributed by atoms with Crippen molar-refractivity contribution < 1.29 is 23.6 Å². The number of carbonyl (C=O) groups excluding carboxylic acids is 2. The van der Waals surface area contributed by atoms with Crippen LogP contribution in [-0.2, 0) is 5.41 Å². The van der Waals surface area contributed by atoms with E-state index in [-0.39, 0.29) is 22.9 Å². The number of allylic oxidation sites excluding steroid dienone is 4. The molecule has 2 aromatic heterocycles. The molecular weight excluding hydrogens is 534 g/mol. The smallest absolute Gasteiger partial charge is 0.324 e. The van der Waals surface area contributed by atoms with E-state index in [9.17, 15) is 14.7 Å². The minimum absolute atomic E-state index is 0.152. The summed E-state index contributed by atoms with van der Waals surface area (Å²) in [4.78, 5) is 28.6. The minimum Gasteiger partial charge on any atom is -0.512 e. The van der Waals surface area contributed by atoms with Crippen molar-refractivity contribution >= 4 is 34.3 Å². The third-order valence-electron chi connectivity index (χ3n) is 8.42. The Labute approximate surface area is 244 Å². The second-order valence-corrected chi connectivity index (χ2v) is 12.6. The molecule has 1 aliphatic carbocycles. The average molecular weight is 572 g/mol. The summed E-state index contributed by atoms with van der Waals surface area (Å²) in [6, 6.07) is 8.07. The summed E-state index contributed by atoms with van der Waals surface area (Å²) in [6.45, 7) is 10.8. The zero-order chi connectivity index (χ0) is 29.6. The zero-order valence-corrected chi connectivity index (χ0v) is 24.4. The number of aromatic nitrogens is 1. The van der Waals surface area contributed by atoms with Gasteiger partial charge < -0.3 is 29.6 Å². The topological polar surface area (TPSA) is 133 Å². The number of nitrogens with one attached hydrogen (secondary N) is 3. The lowest BCUT2D eigenvalue weighted by molar-refractivity contribution is 0.100. The van der Waals surface area contributed by atoms with Crippen LogP contribution in [0.2, 0.25) is 0 Å². The number of aliphatic hydroxyl groups excluding tert-OH is 1. The van der Waals surface area contributed by atoms with Gasteiger partial charge in [0.1, 0.15) is 11.3 Å². The highest BCUT2D eigenvalue weighted by Crippen LogP contribution is 2.47. The molecule has 0 saturated carbocycles. The number of likely N-dealkylation sites (tertiary alicyclic amines) is 1. The number of rotatable bonds is 6. The van der Waals surface area contributed by atoms with Crippen molar-refractivity contribution in [2.75, 3.05) is 30.3 Å². The van der Waals surface area contributed by atoms with E-state index in [1.165, 1.54) is 19.3 Å². The monoisotopic (exact) mass is 571 g/mol. The Balaban J connectivity index is 1.16. The summed E-state index contributed by atoms with van der Waals surface area (Å²) in [7, 11) is 0. The molecule has 1 aromatic carbocycles. The predicted molar refractivity (Wildman–Crippen MR) is 160 cm³/mol. The fourth-order valence-electron chi connectivity index (χ4n) is 5.93. The van der Waals surface area contributed by atoms with Crippen molar-refractivity contribution in [2.45, 2.75) is 52.4 Å². The lowest BCUT2D eigenvalue weighted by Gasteiger charge is -2.39. The highest BCUT2D eigenvalue weighted by molar-refractivity contribution is 6.09. The molecule has 0 radical (unpaired) electrons. The molecule has 6 rings (SSSR count).